The molecule has 2 atom stereocenters. The Hall–Kier alpha value is -1.91. The number of carboxylic acids is 1. The second-order valence-electron chi connectivity index (χ2n) is 5.39. The second-order valence-corrected chi connectivity index (χ2v) is 5.39. The normalized spacial score (nSPS) is 22.5. The molecule has 20 heavy (non-hydrogen) atoms. The predicted molar refractivity (Wildman–Crippen MR) is 73.1 cm³/mol. The summed E-state index contributed by atoms with van der Waals surface area (Å²) in [4.78, 5) is 15.6. The Kier molecular flexibility index (Phi) is 3.20. The molecule has 0 bridgehead atoms. The summed E-state index contributed by atoms with van der Waals surface area (Å²) >= 11 is 0. The fourth-order valence-electron chi connectivity index (χ4n) is 3.21. The SMILES string of the molecule is CCn1c(C2CCC(C(=O)O)C2)nc2cc(F)ccc21. The molecule has 1 saturated carbocycles. The second kappa shape index (κ2) is 4.89. The number of hydrogen-bond acceptors (Lipinski definition) is 2. The lowest BCUT2D eigenvalue weighted by atomic mass is 10.0. The number of fused-ring (bicyclic) bond motifs is 1. The molecule has 1 fully saturated rings. The molecule has 1 heterocycles. The average molecular weight is 276 g/mol. The van der Waals surface area contributed by atoms with Gasteiger partial charge in [0.1, 0.15) is 11.6 Å². The Morgan fingerprint density at radius 2 is 2.30 bits per heavy atom. The minimum Gasteiger partial charge on any atom is -0.481 e. The molecule has 1 N–H and O–H groups in total. The zero-order chi connectivity index (χ0) is 14.3. The van der Waals surface area contributed by atoms with E-state index in [0.717, 1.165) is 24.3 Å². The molecule has 106 valence electrons. The van der Waals surface area contributed by atoms with E-state index in [4.69, 9.17) is 5.11 Å². The number of nitrogens with zero attached hydrogens (tertiary/aromatic N) is 2. The number of carboxylic acid groups (broad SMARTS) is 1. The average Bonchev–Trinajstić information content (AvgIpc) is 3.01. The van der Waals surface area contributed by atoms with Crippen LogP contribution in [0.5, 0.6) is 0 Å². The zero-order valence-corrected chi connectivity index (χ0v) is 11.3. The lowest BCUT2D eigenvalue weighted by molar-refractivity contribution is -0.141. The number of hydrogen-bond donors (Lipinski definition) is 1. The largest absolute Gasteiger partial charge is 0.481 e. The summed E-state index contributed by atoms with van der Waals surface area (Å²) in [6.45, 7) is 2.78. The van der Waals surface area contributed by atoms with Crippen LogP contribution in [-0.2, 0) is 11.3 Å². The molecule has 2 aromatic rings. The van der Waals surface area contributed by atoms with Crippen LogP contribution >= 0.6 is 0 Å². The number of aryl methyl sites for hydroxylation is 1. The number of halogens is 1. The Balaban J connectivity index is 2.01. The molecule has 1 aliphatic carbocycles. The molecule has 0 saturated heterocycles. The van der Waals surface area contributed by atoms with E-state index < -0.39 is 5.97 Å². The van der Waals surface area contributed by atoms with Crippen molar-refractivity contribution in [2.75, 3.05) is 0 Å². The van der Waals surface area contributed by atoms with E-state index in [9.17, 15) is 9.18 Å². The van der Waals surface area contributed by atoms with Gasteiger partial charge in [-0.25, -0.2) is 9.37 Å². The lowest BCUT2D eigenvalue weighted by Gasteiger charge is -2.12. The summed E-state index contributed by atoms with van der Waals surface area (Å²) in [5.74, 6) is -0.234. The number of aliphatic carboxylic acids is 1. The molecule has 0 aliphatic heterocycles. The number of carbonyl (C=O) groups is 1. The Bertz CT molecular complexity index is 665. The van der Waals surface area contributed by atoms with E-state index in [0.29, 0.717) is 18.4 Å². The van der Waals surface area contributed by atoms with Gasteiger partial charge in [0, 0.05) is 18.5 Å². The highest BCUT2D eigenvalue weighted by atomic mass is 19.1. The van der Waals surface area contributed by atoms with E-state index in [1.165, 1.54) is 12.1 Å². The van der Waals surface area contributed by atoms with E-state index in [2.05, 4.69) is 9.55 Å². The highest BCUT2D eigenvalue weighted by Crippen LogP contribution is 2.39. The van der Waals surface area contributed by atoms with Gasteiger partial charge in [0.2, 0.25) is 0 Å². The topological polar surface area (TPSA) is 55.1 Å². The number of rotatable bonds is 3. The Morgan fingerprint density at radius 1 is 1.50 bits per heavy atom. The van der Waals surface area contributed by atoms with Crippen LogP contribution in [-0.4, -0.2) is 20.6 Å². The predicted octanol–water partition coefficient (Wildman–Crippen LogP) is 3.16. The van der Waals surface area contributed by atoms with Gasteiger partial charge in [-0.05, 0) is 38.3 Å². The fourth-order valence-corrected chi connectivity index (χ4v) is 3.21. The summed E-state index contributed by atoms with van der Waals surface area (Å²) in [7, 11) is 0. The van der Waals surface area contributed by atoms with Crippen LogP contribution < -0.4 is 0 Å². The first kappa shape index (κ1) is 13.1. The maximum atomic E-state index is 13.3. The summed E-state index contributed by atoms with van der Waals surface area (Å²) in [5, 5.41) is 9.10. The van der Waals surface area contributed by atoms with Crippen molar-refractivity contribution in [2.24, 2.45) is 5.92 Å². The number of aromatic nitrogens is 2. The van der Waals surface area contributed by atoms with Gasteiger partial charge < -0.3 is 9.67 Å². The quantitative estimate of drug-likeness (QED) is 0.936. The van der Waals surface area contributed by atoms with Crippen LogP contribution in [0.25, 0.3) is 11.0 Å². The minimum atomic E-state index is -0.724. The molecule has 0 spiro atoms. The Labute approximate surface area is 116 Å². The van der Waals surface area contributed by atoms with Crippen LogP contribution in [0.3, 0.4) is 0 Å². The van der Waals surface area contributed by atoms with Crippen molar-refractivity contribution in [1.29, 1.82) is 0 Å². The van der Waals surface area contributed by atoms with Gasteiger partial charge in [-0.2, -0.15) is 0 Å². The van der Waals surface area contributed by atoms with Gasteiger partial charge in [-0.1, -0.05) is 0 Å². The third kappa shape index (κ3) is 2.07. The summed E-state index contributed by atoms with van der Waals surface area (Å²) in [6.07, 6.45) is 2.16. The first-order valence-corrected chi connectivity index (χ1v) is 6.98. The van der Waals surface area contributed by atoms with Crippen molar-refractivity contribution >= 4 is 17.0 Å². The van der Waals surface area contributed by atoms with Crippen LogP contribution in [0.4, 0.5) is 4.39 Å². The van der Waals surface area contributed by atoms with E-state index in [1.807, 2.05) is 6.92 Å². The molecule has 2 unspecified atom stereocenters. The van der Waals surface area contributed by atoms with Crippen LogP contribution in [0.1, 0.15) is 37.9 Å². The van der Waals surface area contributed by atoms with E-state index >= 15 is 0 Å². The van der Waals surface area contributed by atoms with Gasteiger partial charge in [0.25, 0.3) is 0 Å². The molecule has 4 nitrogen and oxygen atoms in total. The molecule has 0 amide bonds. The first-order valence-electron chi connectivity index (χ1n) is 6.98. The molecule has 1 aromatic heterocycles. The molecule has 5 heteroatoms. The minimum absolute atomic E-state index is 0.159. The van der Waals surface area contributed by atoms with Gasteiger partial charge >= 0.3 is 5.97 Å². The van der Waals surface area contributed by atoms with Crippen molar-refractivity contribution in [3.05, 3.63) is 29.8 Å². The van der Waals surface area contributed by atoms with E-state index in [-0.39, 0.29) is 17.7 Å². The third-order valence-corrected chi connectivity index (χ3v) is 4.20. The van der Waals surface area contributed by atoms with Crippen molar-refractivity contribution in [3.8, 4) is 0 Å². The standard InChI is InChI=1S/C15H17FN2O2/c1-2-18-13-6-5-11(16)8-12(13)17-14(18)9-3-4-10(7-9)15(19)20/h5-6,8-10H,2-4,7H2,1H3,(H,19,20). The molecule has 1 aromatic carbocycles. The maximum Gasteiger partial charge on any atom is 0.306 e. The molecule has 3 rings (SSSR count). The molecular weight excluding hydrogens is 259 g/mol. The number of imidazole rings is 1. The highest BCUT2D eigenvalue weighted by molar-refractivity contribution is 5.76. The van der Waals surface area contributed by atoms with Crippen LogP contribution in [0, 0.1) is 11.7 Å². The first-order chi connectivity index (χ1) is 9.60. The van der Waals surface area contributed by atoms with Gasteiger partial charge in [0.05, 0.1) is 17.0 Å². The van der Waals surface area contributed by atoms with Crippen molar-refractivity contribution in [2.45, 2.75) is 38.6 Å². The summed E-state index contributed by atoms with van der Waals surface area (Å²) in [6, 6.07) is 4.62. The van der Waals surface area contributed by atoms with E-state index in [1.54, 1.807) is 6.07 Å². The van der Waals surface area contributed by atoms with Crippen molar-refractivity contribution in [3.63, 3.8) is 0 Å². The summed E-state index contributed by atoms with van der Waals surface area (Å²) in [5.41, 5.74) is 1.57. The third-order valence-electron chi connectivity index (χ3n) is 4.20. The molecule has 1 aliphatic rings. The van der Waals surface area contributed by atoms with Crippen LogP contribution in [0.2, 0.25) is 0 Å². The van der Waals surface area contributed by atoms with Gasteiger partial charge in [-0.3, -0.25) is 4.79 Å². The molecule has 0 radical (unpaired) electrons. The summed E-state index contributed by atoms with van der Waals surface area (Å²) < 4.78 is 15.4. The van der Waals surface area contributed by atoms with Crippen molar-refractivity contribution < 1.29 is 14.3 Å². The highest BCUT2D eigenvalue weighted by Gasteiger charge is 2.33. The van der Waals surface area contributed by atoms with Gasteiger partial charge in [-0.15, -0.1) is 0 Å². The monoisotopic (exact) mass is 276 g/mol. The molecular formula is C15H17FN2O2. The van der Waals surface area contributed by atoms with Crippen LogP contribution in [0.15, 0.2) is 18.2 Å². The fraction of sp³-hybridized carbons (Fsp3) is 0.467. The van der Waals surface area contributed by atoms with Crippen molar-refractivity contribution in [1.82, 2.24) is 9.55 Å². The number of benzene rings is 1. The van der Waals surface area contributed by atoms with Gasteiger partial charge in [0.15, 0.2) is 0 Å². The lowest BCUT2D eigenvalue weighted by Crippen LogP contribution is -2.11. The zero-order valence-electron chi connectivity index (χ0n) is 11.3. The maximum absolute atomic E-state index is 13.3. The Morgan fingerprint density at radius 3 is 2.95 bits per heavy atom. The smallest absolute Gasteiger partial charge is 0.306 e.